The third kappa shape index (κ3) is 3.36. The van der Waals surface area contributed by atoms with Gasteiger partial charge in [-0.15, -0.1) is 0 Å². The highest BCUT2D eigenvalue weighted by molar-refractivity contribution is 5.90. The van der Waals surface area contributed by atoms with Gasteiger partial charge in [-0.3, -0.25) is 0 Å². The van der Waals surface area contributed by atoms with Gasteiger partial charge in [0.1, 0.15) is 5.69 Å². The summed E-state index contributed by atoms with van der Waals surface area (Å²) in [7, 11) is 1.54. The quantitative estimate of drug-likeness (QED) is 0.892. The van der Waals surface area contributed by atoms with E-state index in [1.54, 1.807) is 25.4 Å². The Morgan fingerprint density at radius 3 is 2.74 bits per heavy atom. The number of pyridine rings is 1. The predicted octanol–water partition coefficient (Wildman–Crippen LogP) is 2.60. The highest BCUT2D eigenvalue weighted by atomic mass is 16.5. The number of urea groups is 1. The number of carbonyl (C=O) groups excluding carboxylic acids is 1. The summed E-state index contributed by atoms with van der Waals surface area (Å²) >= 11 is 0. The minimum absolute atomic E-state index is 0.0790. The van der Waals surface area contributed by atoms with E-state index in [2.05, 4.69) is 24.1 Å². The van der Waals surface area contributed by atoms with Gasteiger partial charge in [0.05, 0.1) is 7.11 Å². The standard InChI is InChI=1S/C14H21N3O2/c1-10-7-11(2)9-17(8-10)14(18)16-12-5-4-6-15-13(12)19-3/h4-6,10-11H,7-9H2,1-3H3,(H,16,18)/t10-,11-/m1/s1. The number of rotatable bonds is 2. The molecular weight excluding hydrogens is 242 g/mol. The molecule has 2 rings (SSSR count). The molecule has 1 N–H and O–H groups in total. The first-order chi connectivity index (χ1) is 9.10. The van der Waals surface area contributed by atoms with Crippen molar-refractivity contribution >= 4 is 11.7 Å². The second kappa shape index (κ2) is 5.91. The maximum Gasteiger partial charge on any atom is 0.322 e. The molecule has 1 aliphatic heterocycles. The molecule has 2 atom stereocenters. The van der Waals surface area contributed by atoms with Crippen molar-refractivity contribution < 1.29 is 9.53 Å². The molecule has 0 bridgehead atoms. The SMILES string of the molecule is COc1ncccc1NC(=O)N1C[C@H](C)C[C@@H](C)C1. The Balaban J connectivity index is 2.04. The molecule has 1 fully saturated rings. The number of methoxy groups -OCH3 is 1. The van der Waals surface area contributed by atoms with Crippen molar-refractivity contribution in [1.29, 1.82) is 0 Å². The first-order valence-electron chi connectivity index (χ1n) is 6.65. The second-order valence-corrected chi connectivity index (χ2v) is 5.34. The third-order valence-corrected chi connectivity index (χ3v) is 3.36. The summed E-state index contributed by atoms with van der Waals surface area (Å²) in [5, 5.41) is 2.87. The molecule has 0 unspecified atom stereocenters. The number of hydrogen-bond donors (Lipinski definition) is 1. The Labute approximate surface area is 114 Å². The third-order valence-electron chi connectivity index (χ3n) is 3.36. The zero-order valence-corrected chi connectivity index (χ0v) is 11.7. The topological polar surface area (TPSA) is 54.5 Å². The average molecular weight is 263 g/mol. The maximum atomic E-state index is 12.3. The average Bonchev–Trinajstić information content (AvgIpc) is 2.38. The number of piperidine rings is 1. The van der Waals surface area contributed by atoms with Gasteiger partial charge in [0.2, 0.25) is 5.88 Å². The van der Waals surface area contributed by atoms with Crippen LogP contribution in [0.2, 0.25) is 0 Å². The predicted molar refractivity (Wildman–Crippen MR) is 74.3 cm³/mol. The van der Waals surface area contributed by atoms with Gasteiger partial charge in [-0.25, -0.2) is 9.78 Å². The van der Waals surface area contributed by atoms with Crippen molar-refractivity contribution in [1.82, 2.24) is 9.88 Å². The molecule has 0 spiro atoms. The van der Waals surface area contributed by atoms with E-state index in [1.165, 1.54) is 6.42 Å². The molecule has 2 heterocycles. The van der Waals surface area contributed by atoms with Gasteiger partial charge in [-0.2, -0.15) is 0 Å². The van der Waals surface area contributed by atoms with Gasteiger partial charge in [-0.1, -0.05) is 13.8 Å². The lowest BCUT2D eigenvalue weighted by molar-refractivity contribution is 0.156. The molecule has 1 saturated heterocycles. The Morgan fingerprint density at radius 1 is 1.42 bits per heavy atom. The molecule has 1 aromatic heterocycles. The molecule has 2 amide bonds. The number of anilines is 1. The molecule has 0 saturated carbocycles. The molecule has 104 valence electrons. The highest BCUT2D eigenvalue weighted by Gasteiger charge is 2.25. The fourth-order valence-corrected chi connectivity index (χ4v) is 2.67. The van der Waals surface area contributed by atoms with Gasteiger partial charge in [0.15, 0.2) is 0 Å². The summed E-state index contributed by atoms with van der Waals surface area (Å²) in [6.07, 6.45) is 2.82. The fraction of sp³-hybridized carbons (Fsp3) is 0.571. The van der Waals surface area contributed by atoms with Crippen LogP contribution in [-0.2, 0) is 0 Å². The summed E-state index contributed by atoms with van der Waals surface area (Å²) in [6, 6.07) is 3.49. The molecule has 0 aliphatic carbocycles. The first kappa shape index (κ1) is 13.6. The van der Waals surface area contributed by atoms with Crippen LogP contribution >= 0.6 is 0 Å². The molecule has 1 aliphatic rings. The summed E-state index contributed by atoms with van der Waals surface area (Å²) in [5.74, 6) is 1.53. The molecule has 5 nitrogen and oxygen atoms in total. The van der Waals surface area contributed by atoms with E-state index >= 15 is 0 Å². The van der Waals surface area contributed by atoms with Crippen molar-refractivity contribution in [3.63, 3.8) is 0 Å². The Bertz CT molecular complexity index is 440. The number of carbonyl (C=O) groups is 1. The van der Waals surface area contributed by atoms with Crippen molar-refractivity contribution in [2.24, 2.45) is 11.8 Å². The van der Waals surface area contributed by atoms with Crippen molar-refractivity contribution in [2.45, 2.75) is 20.3 Å². The minimum atomic E-state index is -0.0790. The van der Waals surface area contributed by atoms with Gasteiger partial charge >= 0.3 is 6.03 Å². The Hall–Kier alpha value is -1.78. The molecule has 1 aromatic rings. The monoisotopic (exact) mass is 263 g/mol. The van der Waals surface area contributed by atoms with Crippen molar-refractivity contribution in [3.05, 3.63) is 18.3 Å². The normalized spacial score (nSPS) is 23.0. The lowest BCUT2D eigenvalue weighted by atomic mass is 9.92. The van der Waals surface area contributed by atoms with E-state index < -0.39 is 0 Å². The van der Waals surface area contributed by atoms with E-state index in [-0.39, 0.29) is 6.03 Å². The minimum Gasteiger partial charge on any atom is -0.480 e. The molecule has 5 heteroatoms. The first-order valence-corrected chi connectivity index (χ1v) is 6.65. The zero-order valence-electron chi connectivity index (χ0n) is 11.7. The van der Waals surface area contributed by atoms with Crippen molar-refractivity contribution in [3.8, 4) is 5.88 Å². The summed E-state index contributed by atoms with van der Waals surface area (Å²) in [6.45, 7) is 5.97. The number of nitrogens with one attached hydrogen (secondary N) is 1. The van der Waals surface area contributed by atoms with Crippen LogP contribution in [-0.4, -0.2) is 36.1 Å². The van der Waals surface area contributed by atoms with E-state index in [1.807, 2.05) is 4.90 Å². The number of likely N-dealkylation sites (tertiary alicyclic amines) is 1. The second-order valence-electron chi connectivity index (χ2n) is 5.34. The van der Waals surface area contributed by atoms with E-state index in [0.717, 1.165) is 13.1 Å². The molecule has 0 aromatic carbocycles. The van der Waals surface area contributed by atoms with Crippen LogP contribution < -0.4 is 10.1 Å². The van der Waals surface area contributed by atoms with Gasteiger partial charge < -0.3 is 15.0 Å². The van der Waals surface area contributed by atoms with Gasteiger partial charge in [-0.05, 0) is 30.4 Å². The van der Waals surface area contributed by atoms with E-state index in [9.17, 15) is 4.79 Å². The van der Waals surface area contributed by atoms with Gasteiger partial charge in [0.25, 0.3) is 0 Å². The summed E-state index contributed by atoms with van der Waals surface area (Å²) < 4.78 is 5.13. The highest BCUT2D eigenvalue weighted by Crippen LogP contribution is 2.24. The smallest absolute Gasteiger partial charge is 0.322 e. The van der Waals surface area contributed by atoms with Crippen LogP contribution in [0.1, 0.15) is 20.3 Å². The summed E-state index contributed by atoms with van der Waals surface area (Å²) in [4.78, 5) is 18.2. The number of aromatic nitrogens is 1. The van der Waals surface area contributed by atoms with Crippen LogP contribution in [0.3, 0.4) is 0 Å². The van der Waals surface area contributed by atoms with Crippen LogP contribution in [0.4, 0.5) is 10.5 Å². The number of ether oxygens (including phenoxy) is 1. The maximum absolute atomic E-state index is 12.3. The van der Waals surface area contributed by atoms with Crippen LogP contribution in [0.5, 0.6) is 5.88 Å². The Kier molecular flexibility index (Phi) is 4.24. The lowest BCUT2D eigenvalue weighted by Gasteiger charge is -2.34. The number of amides is 2. The largest absolute Gasteiger partial charge is 0.480 e. The number of hydrogen-bond acceptors (Lipinski definition) is 3. The van der Waals surface area contributed by atoms with E-state index in [4.69, 9.17) is 4.74 Å². The van der Waals surface area contributed by atoms with Gasteiger partial charge in [0, 0.05) is 19.3 Å². The zero-order chi connectivity index (χ0) is 13.8. The number of nitrogens with zero attached hydrogens (tertiary/aromatic N) is 2. The van der Waals surface area contributed by atoms with E-state index in [0.29, 0.717) is 23.4 Å². The fourth-order valence-electron chi connectivity index (χ4n) is 2.67. The lowest BCUT2D eigenvalue weighted by Crippen LogP contribution is -2.44. The van der Waals surface area contributed by atoms with Crippen LogP contribution in [0.15, 0.2) is 18.3 Å². The van der Waals surface area contributed by atoms with Crippen molar-refractivity contribution in [2.75, 3.05) is 25.5 Å². The Morgan fingerprint density at radius 2 is 2.11 bits per heavy atom. The molecule has 0 radical (unpaired) electrons. The van der Waals surface area contributed by atoms with Crippen LogP contribution in [0, 0.1) is 11.8 Å². The molecule has 19 heavy (non-hydrogen) atoms. The summed E-state index contributed by atoms with van der Waals surface area (Å²) in [5.41, 5.74) is 0.612. The molecular formula is C14H21N3O2. The van der Waals surface area contributed by atoms with Crippen LogP contribution in [0.25, 0.3) is 0 Å².